The maximum absolute atomic E-state index is 14.9. The van der Waals surface area contributed by atoms with E-state index in [2.05, 4.69) is 20.2 Å². The third-order valence-electron chi connectivity index (χ3n) is 7.06. The van der Waals surface area contributed by atoms with E-state index in [0.717, 1.165) is 24.9 Å². The summed E-state index contributed by atoms with van der Waals surface area (Å²) in [6.07, 6.45) is 5.24. The summed E-state index contributed by atoms with van der Waals surface area (Å²) in [7, 11) is 1.43. The van der Waals surface area contributed by atoms with Gasteiger partial charge >= 0.3 is 0 Å². The Bertz CT molecular complexity index is 1420. The number of nitrogens with zero attached hydrogens (tertiary/aromatic N) is 7. The monoisotopic (exact) mass is 484 g/mol. The van der Waals surface area contributed by atoms with Crippen LogP contribution >= 0.6 is 0 Å². The average molecular weight is 485 g/mol. The molecule has 2 fully saturated rings. The highest BCUT2D eigenvalue weighted by molar-refractivity contribution is 5.95. The fraction of sp³-hybridized carbons (Fsp3) is 0.478. The van der Waals surface area contributed by atoms with Crippen molar-refractivity contribution >= 4 is 28.2 Å². The van der Waals surface area contributed by atoms with Crippen LogP contribution in [0.4, 0.5) is 20.4 Å². The second-order valence-electron chi connectivity index (χ2n) is 9.59. The second-order valence-corrected chi connectivity index (χ2v) is 9.59. The van der Waals surface area contributed by atoms with Crippen molar-refractivity contribution in [1.29, 1.82) is 0 Å². The Morgan fingerprint density at radius 3 is 2.83 bits per heavy atom. The van der Waals surface area contributed by atoms with E-state index < -0.39 is 17.6 Å². The third kappa shape index (κ3) is 3.81. The summed E-state index contributed by atoms with van der Waals surface area (Å²) in [5, 5.41) is 19.7. The molecule has 1 aliphatic carbocycles. The average Bonchev–Trinajstić information content (AvgIpc) is 3.46. The molecule has 1 saturated heterocycles. The highest BCUT2D eigenvalue weighted by Gasteiger charge is 2.36. The van der Waals surface area contributed by atoms with Gasteiger partial charge in [0.05, 0.1) is 36.5 Å². The van der Waals surface area contributed by atoms with Gasteiger partial charge in [-0.15, -0.1) is 5.10 Å². The molecule has 0 spiro atoms. The molecule has 184 valence electrons. The Hall–Kier alpha value is -3.54. The topological polar surface area (TPSA) is 120 Å². The molecule has 4 aromatic rings. The van der Waals surface area contributed by atoms with Crippen LogP contribution in [0.25, 0.3) is 16.6 Å². The Morgan fingerprint density at radius 2 is 2.09 bits per heavy atom. The number of halogens is 2. The lowest BCUT2D eigenvalue weighted by Crippen LogP contribution is -2.41. The van der Waals surface area contributed by atoms with Crippen LogP contribution in [0.3, 0.4) is 0 Å². The molecule has 1 aliphatic heterocycles. The molecular weight excluding hydrogens is 458 g/mol. The number of hydrogen-bond acceptors (Lipinski definition) is 8. The molecule has 35 heavy (non-hydrogen) atoms. The SMILES string of the molecule is COc1cc(F)cc2c1nc(N)n1nc([C@H]3C[C@H](F)CN(c4cnn(CC5(O)CCC5)c4)C3)nc21. The van der Waals surface area contributed by atoms with E-state index >= 15 is 0 Å². The minimum Gasteiger partial charge on any atom is -0.494 e. The summed E-state index contributed by atoms with van der Waals surface area (Å²) in [6, 6.07) is 2.55. The number of nitrogen functional groups attached to an aromatic ring is 1. The normalized spacial score (nSPS) is 22.0. The van der Waals surface area contributed by atoms with E-state index in [1.54, 1.807) is 10.9 Å². The highest BCUT2D eigenvalue weighted by atomic mass is 19.1. The number of piperidine rings is 1. The Balaban J connectivity index is 1.32. The van der Waals surface area contributed by atoms with Gasteiger partial charge in [-0.25, -0.2) is 18.7 Å². The molecule has 12 heteroatoms. The van der Waals surface area contributed by atoms with Crippen LogP contribution in [0.15, 0.2) is 24.5 Å². The van der Waals surface area contributed by atoms with Crippen LogP contribution in [-0.4, -0.2) is 66.4 Å². The first-order valence-corrected chi connectivity index (χ1v) is 11.7. The largest absolute Gasteiger partial charge is 0.494 e. The van der Waals surface area contributed by atoms with Crippen molar-refractivity contribution in [2.75, 3.05) is 30.8 Å². The van der Waals surface area contributed by atoms with Crippen LogP contribution in [-0.2, 0) is 6.54 Å². The van der Waals surface area contributed by atoms with Crippen molar-refractivity contribution in [3.8, 4) is 5.75 Å². The standard InChI is InChI=1S/C23H26F2N8O2/c1-35-18-7-14(24)6-17-19(18)28-22(26)33-21(17)29-20(30-33)13-5-15(25)10-31(9-13)16-8-27-32(11-16)12-23(34)3-2-4-23/h6-8,11,13,15,34H,2-5,9-10,12H2,1H3,(H2,26,28)/t13-,15-/m0/s1. The fourth-order valence-electron chi connectivity index (χ4n) is 5.09. The van der Waals surface area contributed by atoms with E-state index in [0.29, 0.717) is 35.5 Å². The molecule has 6 rings (SSSR count). The number of aromatic nitrogens is 6. The summed E-state index contributed by atoms with van der Waals surface area (Å²) in [6.45, 7) is 1.14. The number of nitrogens with two attached hydrogens (primary N) is 1. The van der Waals surface area contributed by atoms with Crippen molar-refractivity contribution in [3.05, 3.63) is 36.2 Å². The number of fused-ring (bicyclic) bond motifs is 3. The zero-order chi connectivity index (χ0) is 24.3. The number of hydrogen-bond donors (Lipinski definition) is 2. The number of anilines is 2. The van der Waals surface area contributed by atoms with Gasteiger partial charge < -0.3 is 20.5 Å². The second kappa shape index (κ2) is 8.01. The molecule has 1 aromatic carbocycles. The van der Waals surface area contributed by atoms with Crippen LogP contribution < -0.4 is 15.4 Å². The molecule has 3 N–H and O–H groups in total. The van der Waals surface area contributed by atoms with Gasteiger partial charge in [0.15, 0.2) is 11.5 Å². The van der Waals surface area contributed by atoms with Crippen molar-refractivity contribution in [3.63, 3.8) is 0 Å². The van der Waals surface area contributed by atoms with Gasteiger partial charge in [0, 0.05) is 31.3 Å². The fourth-order valence-corrected chi connectivity index (χ4v) is 5.09. The smallest absolute Gasteiger partial charge is 0.223 e. The lowest BCUT2D eigenvalue weighted by atomic mass is 9.80. The molecule has 1 saturated carbocycles. The van der Waals surface area contributed by atoms with E-state index in [4.69, 9.17) is 10.5 Å². The number of alkyl halides is 1. The van der Waals surface area contributed by atoms with Gasteiger partial charge in [-0.1, -0.05) is 0 Å². The lowest BCUT2D eigenvalue weighted by molar-refractivity contribution is -0.0498. The zero-order valence-corrected chi connectivity index (χ0v) is 19.2. The van der Waals surface area contributed by atoms with Crippen molar-refractivity contribution < 1.29 is 18.6 Å². The van der Waals surface area contributed by atoms with Crippen LogP contribution in [0.1, 0.15) is 37.4 Å². The van der Waals surface area contributed by atoms with E-state index in [-0.39, 0.29) is 30.6 Å². The number of rotatable bonds is 5. The van der Waals surface area contributed by atoms with Crippen molar-refractivity contribution in [2.45, 2.75) is 49.9 Å². The van der Waals surface area contributed by atoms with Crippen molar-refractivity contribution in [1.82, 2.24) is 29.4 Å². The molecule has 0 bridgehead atoms. The molecular formula is C23H26F2N8O2. The first kappa shape index (κ1) is 22.0. The molecule has 2 atom stereocenters. The van der Waals surface area contributed by atoms with Gasteiger partial charge in [0.1, 0.15) is 23.3 Å². The minimum absolute atomic E-state index is 0.0795. The lowest BCUT2D eigenvalue weighted by Gasteiger charge is -2.36. The molecule has 0 unspecified atom stereocenters. The van der Waals surface area contributed by atoms with E-state index in [1.807, 2.05) is 11.1 Å². The Kier molecular flexibility index (Phi) is 5.02. The predicted octanol–water partition coefficient (Wildman–Crippen LogP) is 2.45. The van der Waals surface area contributed by atoms with Crippen LogP contribution in [0.5, 0.6) is 5.75 Å². The maximum Gasteiger partial charge on any atom is 0.223 e. The summed E-state index contributed by atoms with van der Waals surface area (Å²) in [5.74, 6) is -0.0742. The first-order valence-electron chi connectivity index (χ1n) is 11.7. The number of aliphatic hydroxyl groups is 1. The molecule has 0 radical (unpaired) electrons. The van der Waals surface area contributed by atoms with Gasteiger partial charge in [-0.2, -0.15) is 9.61 Å². The van der Waals surface area contributed by atoms with Crippen LogP contribution in [0, 0.1) is 5.82 Å². The summed E-state index contributed by atoms with van der Waals surface area (Å²) in [5.41, 5.74) is 6.93. The molecule has 3 aromatic heterocycles. The quantitative estimate of drug-likeness (QED) is 0.443. The van der Waals surface area contributed by atoms with E-state index in [1.165, 1.54) is 23.8 Å². The Labute approximate surface area is 199 Å². The summed E-state index contributed by atoms with van der Waals surface area (Å²) >= 11 is 0. The number of ether oxygens (including phenoxy) is 1. The summed E-state index contributed by atoms with van der Waals surface area (Å²) in [4.78, 5) is 10.9. The predicted molar refractivity (Wildman–Crippen MR) is 125 cm³/mol. The highest BCUT2D eigenvalue weighted by Crippen LogP contribution is 2.35. The Morgan fingerprint density at radius 1 is 1.26 bits per heavy atom. The zero-order valence-electron chi connectivity index (χ0n) is 19.2. The number of benzene rings is 1. The first-order chi connectivity index (χ1) is 16.8. The van der Waals surface area contributed by atoms with Gasteiger partial charge in [-0.3, -0.25) is 4.68 Å². The molecule has 4 heterocycles. The molecule has 2 aliphatic rings. The van der Waals surface area contributed by atoms with Gasteiger partial charge in [-0.05, 0) is 31.7 Å². The molecule has 10 nitrogen and oxygen atoms in total. The van der Waals surface area contributed by atoms with E-state index in [9.17, 15) is 13.9 Å². The van der Waals surface area contributed by atoms with Gasteiger partial charge in [0.25, 0.3) is 0 Å². The maximum atomic E-state index is 14.9. The van der Waals surface area contributed by atoms with Crippen molar-refractivity contribution in [2.24, 2.45) is 0 Å². The van der Waals surface area contributed by atoms with Gasteiger partial charge in [0.2, 0.25) is 5.95 Å². The van der Waals surface area contributed by atoms with Crippen LogP contribution in [0.2, 0.25) is 0 Å². The summed E-state index contributed by atoms with van der Waals surface area (Å²) < 4.78 is 37.4. The molecule has 0 amide bonds. The third-order valence-corrected chi connectivity index (χ3v) is 7.06. The minimum atomic E-state index is -1.09. The number of methoxy groups -OCH3 is 1.